The van der Waals surface area contributed by atoms with Crippen LogP contribution in [0.3, 0.4) is 0 Å². The Kier molecular flexibility index (Phi) is 4.34. The number of rotatable bonds is 5. The van der Waals surface area contributed by atoms with Crippen molar-refractivity contribution in [3.05, 3.63) is 0 Å². The van der Waals surface area contributed by atoms with Crippen LogP contribution >= 0.6 is 0 Å². The van der Waals surface area contributed by atoms with E-state index < -0.39 is 10.0 Å². The molecule has 15 heavy (non-hydrogen) atoms. The van der Waals surface area contributed by atoms with E-state index in [0.717, 1.165) is 19.3 Å². The zero-order valence-corrected chi connectivity index (χ0v) is 9.35. The fraction of sp³-hybridized carbons (Fsp3) is 0.875. The third-order valence-corrected chi connectivity index (χ3v) is 3.19. The standard InChI is InChI=1S/C8H17N3O3S/c9-15(13,14)6-2-5-10-8(12)11-7-3-1-4-7/h7H,1-6H2,(H2,9,13,14)(H2,10,11,12). The summed E-state index contributed by atoms with van der Waals surface area (Å²) in [5.41, 5.74) is 0. The highest BCUT2D eigenvalue weighted by atomic mass is 32.2. The third-order valence-electron chi connectivity index (χ3n) is 2.33. The molecule has 1 aliphatic rings. The van der Waals surface area contributed by atoms with E-state index in [4.69, 9.17) is 5.14 Å². The Bertz CT molecular complexity index is 311. The highest BCUT2D eigenvalue weighted by Crippen LogP contribution is 2.17. The summed E-state index contributed by atoms with van der Waals surface area (Å²) in [6, 6.07) is 0.0670. The quantitative estimate of drug-likeness (QED) is 0.561. The van der Waals surface area contributed by atoms with Gasteiger partial charge in [0.1, 0.15) is 0 Å². The lowest BCUT2D eigenvalue weighted by molar-refractivity contribution is 0.228. The first-order valence-corrected chi connectivity index (χ1v) is 6.74. The molecule has 6 nitrogen and oxygen atoms in total. The highest BCUT2D eigenvalue weighted by molar-refractivity contribution is 7.89. The summed E-state index contributed by atoms with van der Waals surface area (Å²) in [4.78, 5) is 11.2. The molecule has 2 amide bonds. The molecule has 0 unspecified atom stereocenters. The molecule has 0 bridgehead atoms. The number of amides is 2. The average molecular weight is 235 g/mol. The summed E-state index contributed by atoms with van der Waals surface area (Å²) in [5.74, 6) is -0.100. The summed E-state index contributed by atoms with van der Waals surface area (Å²) in [6.45, 7) is 0.328. The maximum absolute atomic E-state index is 11.2. The molecule has 1 saturated carbocycles. The second-order valence-corrected chi connectivity index (χ2v) is 5.48. The zero-order chi connectivity index (χ0) is 11.3. The molecule has 0 radical (unpaired) electrons. The van der Waals surface area contributed by atoms with Gasteiger partial charge in [-0.1, -0.05) is 0 Å². The molecule has 0 aromatic rings. The van der Waals surface area contributed by atoms with Crippen LogP contribution < -0.4 is 15.8 Å². The Morgan fingerprint density at radius 2 is 2.07 bits per heavy atom. The van der Waals surface area contributed by atoms with Gasteiger partial charge in [-0.3, -0.25) is 0 Å². The molecule has 7 heteroatoms. The summed E-state index contributed by atoms with van der Waals surface area (Å²) in [6.07, 6.45) is 3.57. The lowest BCUT2D eigenvalue weighted by atomic mass is 9.93. The first kappa shape index (κ1) is 12.3. The van der Waals surface area contributed by atoms with Gasteiger partial charge in [-0.25, -0.2) is 18.4 Å². The van der Waals surface area contributed by atoms with E-state index in [1.807, 2.05) is 0 Å². The van der Waals surface area contributed by atoms with Crippen molar-refractivity contribution in [3.63, 3.8) is 0 Å². The minimum Gasteiger partial charge on any atom is -0.338 e. The van der Waals surface area contributed by atoms with E-state index >= 15 is 0 Å². The van der Waals surface area contributed by atoms with Crippen LogP contribution in [-0.2, 0) is 10.0 Å². The minimum atomic E-state index is -3.41. The molecule has 0 atom stereocenters. The van der Waals surface area contributed by atoms with Gasteiger partial charge in [-0.2, -0.15) is 0 Å². The fourth-order valence-corrected chi connectivity index (χ4v) is 1.81. The van der Waals surface area contributed by atoms with E-state index in [1.165, 1.54) is 0 Å². The van der Waals surface area contributed by atoms with Gasteiger partial charge in [0.05, 0.1) is 5.75 Å². The van der Waals surface area contributed by atoms with Crippen LogP contribution in [0.15, 0.2) is 0 Å². The number of carbonyl (C=O) groups excluding carboxylic acids is 1. The number of urea groups is 1. The van der Waals surface area contributed by atoms with Gasteiger partial charge in [-0.05, 0) is 25.7 Å². The van der Waals surface area contributed by atoms with Crippen molar-refractivity contribution in [2.24, 2.45) is 5.14 Å². The van der Waals surface area contributed by atoms with Gasteiger partial charge < -0.3 is 10.6 Å². The number of carbonyl (C=O) groups is 1. The predicted molar refractivity (Wildman–Crippen MR) is 56.8 cm³/mol. The Labute approximate surface area is 89.6 Å². The fourth-order valence-electron chi connectivity index (χ4n) is 1.26. The Hall–Kier alpha value is -0.820. The van der Waals surface area contributed by atoms with E-state index in [9.17, 15) is 13.2 Å². The SMILES string of the molecule is NS(=O)(=O)CCCNC(=O)NC1CCC1. The number of nitrogens with one attached hydrogen (secondary N) is 2. The van der Waals surface area contributed by atoms with Gasteiger partial charge in [0, 0.05) is 12.6 Å². The van der Waals surface area contributed by atoms with Gasteiger partial charge in [-0.15, -0.1) is 0 Å². The van der Waals surface area contributed by atoms with Crippen molar-refractivity contribution in [2.45, 2.75) is 31.7 Å². The highest BCUT2D eigenvalue weighted by Gasteiger charge is 2.18. The molecular formula is C8H17N3O3S. The first-order chi connectivity index (χ1) is 6.97. The van der Waals surface area contributed by atoms with Crippen molar-refractivity contribution < 1.29 is 13.2 Å². The normalized spacial score (nSPS) is 16.9. The topological polar surface area (TPSA) is 101 Å². The molecule has 1 rings (SSSR count). The zero-order valence-electron chi connectivity index (χ0n) is 8.53. The van der Waals surface area contributed by atoms with Crippen molar-refractivity contribution in [3.8, 4) is 0 Å². The molecule has 1 aliphatic carbocycles. The Balaban J connectivity index is 2.01. The molecule has 0 spiro atoms. The van der Waals surface area contributed by atoms with Crippen LogP contribution in [0.5, 0.6) is 0 Å². The number of hydrogen-bond donors (Lipinski definition) is 3. The third kappa shape index (κ3) is 5.58. The lowest BCUT2D eigenvalue weighted by Crippen LogP contribution is -2.45. The van der Waals surface area contributed by atoms with Crippen LogP contribution in [0.25, 0.3) is 0 Å². The van der Waals surface area contributed by atoms with Crippen LogP contribution in [-0.4, -0.2) is 32.8 Å². The van der Waals surface area contributed by atoms with E-state index in [-0.39, 0.29) is 11.8 Å². The largest absolute Gasteiger partial charge is 0.338 e. The van der Waals surface area contributed by atoms with Gasteiger partial charge in [0.25, 0.3) is 0 Å². The maximum atomic E-state index is 11.2. The second kappa shape index (κ2) is 5.32. The van der Waals surface area contributed by atoms with Gasteiger partial charge >= 0.3 is 6.03 Å². The first-order valence-electron chi connectivity index (χ1n) is 5.02. The lowest BCUT2D eigenvalue weighted by Gasteiger charge is -2.26. The number of primary sulfonamides is 1. The van der Waals surface area contributed by atoms with Crippen LogP contribution in [0.4, 0.5) is 4.79 Å². The van der Waals surface area contributed by atoms with Crippen LogP contribution in [0.2, 0.25) is 0 Å². The summed E-state index contributed by atoms with van der Waals surface area (Å²) < 4.78 is 21.1. The van der Waals surface area contributed by atoms with Crippen molar-refractivity contribution in [1.29, 1.82) is 0 Å². The van der Waals surface area contributed by atoms with Gasteiger partial charge in [0.2, 0.25) is 10.0 Å². The summed E-state index contributed by atoms with van der Waals surface area (Å²) >= 11 is 0. The molecule has 4 N–H and O–H groups in total. The van der Waals surface area contributed by atoms with E-state index in [0.29, 0.717) is 19.0 Å². The number of hydrogen-bond acceptors (Lipinski definition) is 3. The smallest absolute Gasteiger partial charge is 0.315 e. The van der Waals surface area contributed by atoms with Crippen molar-refractivity contribution in [1.82, 2.24) is 10.6 Å². The Morgan fingerprint density at radius 1 is 1.40 bits per heavy atom. The summed E-state index contributed by atoms with van der Waals surface area (Å²) in [7, 11) is -3.41. The summed E-state index contributed by atoms with van der Waals surface area (Å²) in [5, 5.41) is 10.2. The van der Waals surface area contributed by atoms with Crippen LogP contribution in [0, 0.1) is 0 Å². The molecule has 88 valence electrons. The molecule has 0 saturated heterocycles. The monoisotopic (exact) mass is 235 g/mol. The predicted octanol–water partition coefficient (Wildman–Crippen LogP) is -0.483. The van der Waals surface area contributed by atoms with Crippen molar-refractivity contribution in [2.75, 3.05) is 12.3 Å². The van der Waals surface area contributed by atoms with E-state index in [2.05, 4.69) is 10.6 Å². The maximum Gasteiger partial charge on any atom is 0.315 e. The molecule has 0 aromatic carbocycles. The van der Waals surface area contributed by atoms with Crippen LogP contribution in [0.1, 0.15) is 25.7 Å². The van der Waals surface area contributed by atoms with E-state index in [1.54, 1.807) is 0 Å². The average Bonchev–Trinajstić information content (AvgIpc) is 2.04. The molecule has 0 heterocycles. The molecule has 0 aliphatic heterocycles. The second-order valence-electron chi connectivity index (χ2n) is 3.75. The Morgan fingerprint density at radius 3 is 2.53 bits per heavy atom. The number of nitrogens with two attached hydrogens (primary N) is 1. The van der Waals surface area contributed by atoms with Gasteiger partial charge in [0.15, 0.2) is 0 Å². The van der Waals surface area contributed by atoms with Crippen molar-refractivity contribution >= 4 is 16.1 Å². The number of sulfonamides is 1. The molecular weight excluding hydrogens is 218 g/mol. The molecule has 1 fully saturated rings. The minimum absolute atomic E-state index is 0.100. The molecule has 0 aromatic heterocycles.